The van der Waals surface area contributed by atoms with Gasteiger partial charge in [-0.1, -0.05) is 0 Å². The van der Waals surface area contributed by atoms with Crippen molar-refractivity contribution in [2.75, 3.05) is 19.7 Å². The van der Waals surface area contributed by atoms with E-state index in [0.29, 0.717) is 37.3 Å². The van der Waals surface area contributed by atoms with E-state index in [9.17, 15) is 18.4 Å². The summed E-state index contributed by atoms with van der Waals surface area (Å²) >= 11 is 0. The first kappa shape index (κ1) is 19.0. The average Bonchev–Trinajstić information content (AvgIpc) is 2.70. The van der Waals surface area contributed by atoms with Crippen molar-refractivity contribution in [3.05, 3.63) is 65.2 Å². The standard InChI is InChI=1S/C21H21F2NO3/c1-2-27-17-8-5-14(6-9-17)21(26)24-11-3-4-16(13-24)20(25)15-7-10-18(22)19(23)12-15/h5-10,12,16H,2-4,11,13H2,1H3/t16-/m0/s1. The van der Waals surface area contributed by atoms with E-state index in [2.05, 4.69) is 0 Å². The number of hydrogen-bond acceptors (Lipinski definition) is 3. The van der Waals surface area contributed by atoms with Crippen LogP contribution in [0.5, 0.6) is 5.75 Å². The monoisotopic (exact) mass is 373 g/mol. The number of likely N-dealkylation sites (tertiary alicyclic amines) is 1. The number of carbonyl (C=O) groups is 2. The summed E-state index contributed by atoms with van der Waals surface area (Å²) in [5.74, 6) is -2.17. The summed E-state index contributed by atoms with van der Waals surface area (Å²) in [5, 5.41) is 0. The largest absolute Gasteiger partial charge is 0.494 e. The Balaban J connectivity index is 1.70. The molecule has 1 aliphatic heterocycles. The number of Topliss-reactive ketones (excluding diaryl/α,β-unsaturated/α-hetero) is 1. The van der Waals surface area contributed by atoms with E-state index in [1.165, 1.54) is 6.07 Å². The van der Waals surface area contributed by atoms with Gasteiger partial charge >= 0.3 is 0 Å². The molecule has 142 valence electrons. The Morgan fingerprint density at radius 3 is 2.44 bits per heavy atom. The van der Waals surface area contributed by atoms with Gasteiger partial charge in [0.05, 0.1) is 6.61 Å². The topological polar surface area (TPSA) is 46.6 Å². The fraction of sp³-hybridized carbons (Fsp3) is 0.333. The van der Waals surface area contributed by atoms with E-state index in [4.69, 9.17) is 4.74 Å². The first-order valence-corrected chi connectivity index (χ1v) is 9.01. The van der Waals surface area contributed by atoms with Gasteiger partial charge in [0, 0.05) is 30.1 Å². The lowest BCUT2D eigenvalue weighted by molar-refractivity contribution is 0.0637. The second kappa shape index (κ2) is 8.29. The molecular formula is C21H21F2NO3. The van der Waals surface area contributed by atoms with Gasteiger partial charge in [-0.15, -0.1) is 0 Å². The number of ether oxygens (including phenoxy) is 1. The third-order valence-electron chi connectivity index (χ3n) is 4.70. The lowest BCUT2D eigenvalue weighted by Gasteiger charge is -2.32. The molecule has 1 saturated heterocycles. The average molecular weight is 373 g/mol. The highest BCUT2D eigenvalue weighted by Gasteiger charge is 2.29. The van der Waals surface area contributed by atoms with E-state index in [1.807, 2.05) is 6.92 Å². The highest BCUT2D eigenvalue weighted by atomic mass is 19.2. The van der Waals surface area contributed by atoms with Gasteiger partial charge in [-0.05, 0) is 62.2 Å². The Morgan fingerprint density at radius 1 is 1.07 bits per heavy atom. The zero-order valence-corrected chi connectivity index (χ0v) is 15.1. The number of piperidine rings is 1. The van der Waals surface area contributed by atoms with Crippen molar-refractivity contribution >= 4 is 11.7 Å². The van der Waals surface area contributed by atoms with Gasteiger partial charge in [0.25, 0.3) is 5.91 Å². The third-order valence-corrected chi connectivity index (χ3v) is 4.70. The van der Waals surface area contributed by atoms with Crippen LogP contribution in [0.2, 0.25) is 0 Å². The van der Waals surface area contributed by atoms with Crippen molar-refractivity contribution in [1.29, 1.82) is 0 Å². The highest BCUT2D eigenvalue weighted by Crippen LogP contribution is 2.24. The van der Waals surface area contributed by atoms with E-state index in [1.54, 1.807) is 29.2 Å². The molecule has 0 unspecified atom stereocenters. The van der Waals surface area contributed by atoms with Gasteiger partial charge in [-0.3, -0.25) is 9.59 Å². The van der Waals surface area contributed by atoms with Crippen LogP contribution in [0.1, 0.15) is 40.5 Å². The molecule has 1 atom stereocenters. The number of halogens is 2. The maximum Gasteiger partial charge on any atom is 0.253 e. The predicted molar refractivity (Wildman–Crippen MR) is 96.9 cm³/mol. The van der Waals surface area contributed by atoms with Crippen LogP contribution in [0.25, 0.3) is 0 Å². The van der Waals surface area contributed by atoms with Crippen molar-refractivity contribution in [2.24, 2.45) is 5.92 Å². The number of hydrogen-bond donors (Lipinski definition) is 0. The van der Waals surface area contributed by atoms with Crippen molar-refractivity contribution in [3.63, 3.8) is 0 Å². The van der Waals surface area contributed by atoms with E-state index < -0.39 is 17.6 Å². The molecule has 0 N–H and O–H groups in total. The van der Waals surface area contributed by atoms with Crippen LogP contribution >= 0.6 is 0 Å². The molecule has 4 nitrogen and oxygen atoms in total. The van der Waals surface area contributed by atoms with Crippen molar-refractivity contribution in [1.82, 2.24) is 4.90 Å². The van der Waals surface area contributed by atoms with Crippen LogP contribution in [-0.2, 0) is 0 Å². The molecule has 6 heteroatoms. The molecule has 0 spiro atoms. The molecule has 3 rings (SSSR count). The molecule has 0 saturated carbocycles. The second-order valence-electron chi connectivity index (χ2n) is 6.54. The van der Waals surface area contributed by atoms with E-state index in [0.717, 1.165) is 12.1 Å². The molecule has 1 fully saturated rings. The SMILES string of the molecule is CCOc1ccc(C(=O)N2CCC[C@H](C(=O)c3ccc(F)c(F)c3)C2)cc1. The molecule has 27 heavy (non-hydrogen) atoms. The molecule has 1 amide bonds. The Bertz CT molecular complexity index is 836. The fourth-order valence-electron chi connectivity index (χ4n) is 3.30. The minimum atomic E-state index is -1.04. The van der Waals surface area contributed by atoms with Crippen molar-refractivity contribution < 1.29 is 23.1 Å². The van der Waals surface area contributed by atoms with Crippen LogP contribution in [0.15, 0.2) is 42.5 Å². The highest BCUT2D eigenvalue weighted by molar-refractivity contribution is 5.99. The molecule has 2 aromatic carbocycles. The molecule has 2 aromatic rings. The lowest BCUT2D eigenvalue weighted by Crippen LogP contribution is -2.42. The smallest absolute Gasteiger partial charge is 0.253 e. The Hall–Kier alpha value is -2.76. The summed E-state index contributed by atoms with van der Waals surface area (Å²) in [6, 6.07) is 10.0. The summed E-state index contributed by atoms with van der Waals surface area (Å²) in [6.07, 6.45) is 1.30. The summed E-state index contributed by atoms with van der Waals surface area (Å²) in [4.78, 5) is 27.0. The quantitative estimate of drug-likeness (QED) is 0.742. The number of benzene rings is 2. The van der Waals surface area contributed by atoms with E-state index in [-0.39, 0.29) is 23.8 Å². The van der Waals surface area contributed by atoms with Crippen LogP contribution in [0.3, 0.4) is 0 Å². The van der Waals surface area contributed by atoms with Crippen LogP contribution in [-0.4, -0.2) is 36.3 Å². The second-order valence-corrected chi connectivity index (χ2v) is 6.54. The van der Waals surface area contributed by atoms with Crippen LogP contribution in [0.4, 0.5) is 8.78 Å². The van der Waals surface area contributed by atoms with E-state index >= 15 is 0 Å². The number of ketones is 1. The summed E-state index contributed by atoms with van der Waals surface area (Å²) < 4.78 is 31.9. The Morgan fingerprint density at radius 2 is 1.78 bits per heavy atom. The summed E-state index contributed by atoms with van der Waals surface area (Å²) in [7, 11) is 0. The maximum atomic E-state index is 13.4. The molecular weight excluding hydrogens is 352 g/mol. The molecule has 0 bridgehead atoms. The summed E-state index contributed by atoms with van der Waals surface area (Å²) in [5.41, 5.74) is 0.661. The first-order valence-electron chi connectivity index (χ1n) is 9.01. The fourth-order valence-corrected chi connectivity index (χ4v) is 3.30. The Labute approximate surface area is 156 Å². The van der Waals surface area contributed by atoms with Gasteiger partial charge in [0.1, 0.15) is 5.75 Å². The number of amides is 1. The van der Waals surface area contributed by atoms with Crippen LogP contribution in [0, 0.1) is 17.6 Å². The van der Waals surface area contributed by atoms with Gasteiger partial charge in [-0.2, -0.15) is 0 Å². The Kier molecular flexibility index (Phi) is 5.84. The summed E-state index contributed by atoms with van der Waals surface area (Å²) in [6.45, 7) is 3.27. The third kappa shape index (κ3) is 4.32. The number of carbonyl (C=O) groups excluding carboxylic acids is 2. The lowest BCUT2D eigenvalue weighted by atomic mass is 9.89. The zero-order chi connectivity index (χ0) is 19.4. The van der Waals surface area contributed by atoms with Gasteiger partial charge < -0.3 is 9.64 Å². The molecule has 1 aliphatic rings. The molecule has 0 aliphatic carbocycles. The number of nitrogens with zero attached hydrogens (tertiary/aromatic N) is 1. The minimum Gasteiger partial charge on any atom is -0.494 e. The first-order chi connectivity index (χ1) is 13.0. The molecule has 0 radical (unpaired) electrons. The maximum absolute atomic E-state index is 13.4. The van der Waals surface area contributed by atoms with Crippen LogP contribution < -0.4 is 4.74 Å². The minimum absolute atomic E-state index is 0.134. The van der Waals surface area contributed by atoms with Gasteiger partial charge in [-0.25, -0.2) is 8.78 Å². The van der Waals surface area contributed by atoms with Gasteiger partial charge in [0.2, 0.25) is 0 Å². The molecule has 0 aromatic heterocycles. The van der Waals surface area contributed by atoms with Crippen molar-refractivity contribution in [3.8, 4) is 5.75 Å². The number of rotatable bonds is 5. The van der Waals surface area contributed by atoms with Crippen molar-refractivity contribution in [2.45, 2.75) is 19.8 Å². The molecule has 1 heterocycles. The normalized spacial score (nSPS) is 16.9. The predicted octanol–water partition coefficient (Wildman–Crippen LogP) is 4.10. The van der Waals surface area contributed by atoms with Gasteiger partial charge in [0.15, 0.2) is 17.4 Å². The zero-order valence-electron chi connectivity index (χ0n) is 15.1.